The average molecular weight is 487 g/mol. The molecule has 0 bridgehead atoms. The molecule has 0 radical (unpaired) electrons. The van der Waals surface area contributed by atoms with Crippen molar-refractivity contribution in [3.05, 3.63) is 82.2 Å². The minimum Gasteiger partial charge on any atom is -0.457 e. The summed E-state index contributed by atoms with van der Waals surface area (Å²) in [6.07, 6.45) is 1.35. The molecule has 0 atom stereocenters. The van der Waals surface area contributed by atoms with Crippen molar-refractivity contribution in [1.29, 1.82) is 0 Å². The number of aromatic nitrogens is 1. The molecule has 0 amide bonds. The predicted octanol–water partition coefficient (Wildman–Crippen LogP) is 4.29. The van der Waals surface area contributed by atoms with Crippen molar-refractivity contribution in [2.45, 2.75) is 4.90 Å². The van der Waals surface area contributed by atoms with Crippen molar-refractivity contribution < 1.29 is 9.94 Å². The Bertz CT molecular complexity index is 1100. The summed E-state index contributed by atoms with van der Waals surface area (Å²) in [7, 11) is 2.13. The van der Waals surface area contributed by atoms with Gasteiger partial charge in [0.2, 0.25) is 0 Å². The van der Waals surface area contributed by atoms with Crippen LogP contribution in [-0.4, -0.2) is 66.1 Å². The largest absolute Gasteiger partial charge is 0.457 e. The minimum absolute atomic E-state index is 0.439. The van der Waals surface area contributed by atoms with Gasteiger partial charge in [-0.1, -0.05) is 11.6 Å². The quantitative estimate of drug-likeness (QED) is 0.376. The molecule has 1 aromatic heterocycles. The van der Waals surface area contributed by atoms with Gasteiger partial charge in [-0.15, -0.1) is 0 Å². The van der Waals surface area contributed by atoms with Gasteiger partial charge in [0.25, 0.3) is 0 Å². The second-order valence-corrected chi connectivity index (χ2v) is 9.44. The fourth-order valence-corrected chi connectivity index (χ4v) is 4.56. The molecule has 1 N–H and O–H groups in total. The van der Waals surface area contributed by atoms with Crippen LogP contribution in [0.3, 0.4) is 0 Å². The Hall–Kier alpha value is -2.65. The molecule has 2 heterocycles. The van der Waals surface area contributed by atoms with Crippen molar-refractivity contribution in [2.24, 2.45) is 0 Å². The van der Waals surface area contributed by atoms with Crippen molar-refractivity contribution >= 4 is 29.2 Å². The number of hydrogen-bond acceptors (Lipinski definition) is 7. The molecular weight excluding hydrogens is 460 g/mol. The molecule has 33 heavy (non-hydrogen) atoms. The summed E-state index contributed by atoms with van der Waals surface area (Å²) in [6.45, 7) is 5.57. The zero-order valence-electron chi connectivity index (χ0n) is 18.4. The van der Waals surface area contributed by atoms with Crippen molar-refractivity contribution in [3.63, 3.8) is 0 Å². The Balaban J connectivity index is 1.46. The van der Waals surface area contributed by atoms with E-state index >= 15 is 0 Å². The highest BCUT2D eigenvalue weighted by Gasteiger charge is 2.18. The lowest BCUT2D eigenvalue weighted by Crippen LogP contribution is -2.46. The number of rotatable bonds is 8. The molecule has 0 saturated carbocycles. The molecule has 1 aliphatic rings. The number of halogens is 1. The monoisotopic (exact) mass is 486 g/mol. The Morgan fingerprint density at radius 2 is 1.64 bits per heavy atom. The molecular formula is C24H27ClN4O3S. The normalized spacial score (nSPS) is 14.8. The van der Waals surface area contributed by atoms with Crippen molar-refractivity contribution in [2.75, 3.05) is 50.6 Å². The lowest BCUT2D eigenvalue weighted by atomic mass is 10.3. The van der Waals surface area contributed by atoms with Crippen LogP contribution < -0.4 is 14.6 Å². The molecule has 174 valence electrons. The van der Waals surface area contributed by atoms with Gasteiger partial charge in [-0.3, -0.25) is 9.69 Å². The number of ether oxygens (including phenoxy) is 1. The zero-order valence-corrected chi connectivity index (χ0v) is 20.0. The fourth-order valence-electron chi connectivity index (χ4n) is 3.52. The first-order valence-electron chi connectivity index (χ1n) is 10.8. The molecule has 0 aliphatic carbocycles. The van der Waals surface area contributed by atoms with Crippen LogP contribution in [0.25, 0.3) is 0 Å². The summed E-state index contributed by atoms with van der Waals surface area (Å²) in [5.74, 6) is 1.42. The molecule has 0 unspecified atom stereocenters. The summed E-state index contributed by atoms with van der Waals surface area (Å²) < 4.78 is 8.44. The van der Waals surface area contributed by atoms with Crippen LogP contribution >= 0.6 is 23.5 Å². The van der Waals surface area contributed by atoms with E-state index in [1.165, 1.54) is 18.1 Å². The highest BCUT2D eigenvalue weighted by molar-refractivity contribution is 8.00. The first-order chi connectivity index (χ1) is 16.0. The van der Waals surface area contributed by atoms with Gasteiger partial charge in [-0.2, -0.15) is 4.73 Å². The van der Waals surface area contributed by atoms with Gasteiger partial charge >= 0.3 is 5.56 Å². The van der Waals surface area contributed by atoms with Gasteiger partial charge in [-0.25, -0.2) is 0 Å². The Morgan fingerprint density at radius 1 is 1.00 bits per heavy atom. The highest BCUT2D eigenvalue weighted by atomic mass is 35.5. The van der Waals surface area contributed by atoms with Crippen LogP contribution in [0.1, 0.15) is 0 Å². The topological polar surface area (TPSA) is 61.2 Å². The van der Waals surface area contributed by atoms with Crippen LogP contribution in [-0.2, 0) is 0 Å². The molecule has 2 aromatic carbocycles. The van der Waals surface area contributed by atoms with E-state index in [9.17, 15) is 10.0 Å². The molecule has 7 nitrogen and oxygen atoms in total. The Morgan fingerprint density at radius 3 is 2.30 bits per heavy atom. The van der Waals surface area contributed by atoms with Crippen molar-refractivity contribution in [3.8, 4) is 11.5 Å². The minimum atomic E-state index is -0.439. The Labute approximate surface area is 202 Å². The van der Waals surface area contributed by atoms with Gasteiger partial charge < -0.3 is 19.1 Å². The van der Waals surface area contributed by atoms with Gasteiger partial charge in [0, 0.05) is 55.4 Å². The van der Waals surface area contributed by atoms with Gasteiger partial charge in [0.15, 0.2) is 0 Å². The molecule has 4 rings (SSSR count). The summed E-state index contributed by atoms with van der Waals surface area (Å²) >= 11 is 7.40. The van der Waals surface area contributed by atoms with E-state index in [0.29, 0.717) is 33.5 Å². The standard InChI is InChI=1S/C24H27ClN4O3S/c1-26-13-15-27(16-14-26)17-18-29(23-3-2-12-28(31)24(23)30)33-22-10-8-21(9-11-22)32-20-6-4-19(25)5-7-20/h2-12,31H,13-18H2,1H3. The summed E-state index contributed by atoms with van der Waals surface area (Å²) in [4.78, 5) is 18.3. The van der Waals surface area contributed by atoms with Crippen LogP contribution in [0.4, 0.5) is 5.69 Å². The number of nitrogens with zero attached hydrogens (tertiary/aromatic N) is 4. The number of piperazine rings is 1. The third-order valence-electron chi connectivity index (χ3n) is 5.48. The summed E-state index contributed by atoms with van der Waals surface area (Å²) in [5, 5.41) is 10.5. The smallest absolute Gasteiger partial charge is 0.307 e. The van der Waals surface area contributed by atoms with Gasteiger partial charge in [0.1, 0.15) is 17.2 Å². The SMILES string of the molecule is CN1CCN(CCN(Sc2ccc(Oc3ccc(Cl)cc3)cc2)c2cccn(O)c2=O)CC1. The maximum Gasteiger partial charge on any atom is 0.307 e. The van der Waals surface area contributed by atoms with Gasteiger partial charge in [-0.05, 0) is 79.7 Å². The maximum atomic E-state index is 12.6. The van der Waals surface area contributed by atoms with Crippen LogP contribution in [0.15, 0.2) is 76.6 Å². The van der Waals surface area contributed by atoms with E-state index in [2.05, 4.69) is 16.8 Å². The van der Waals surface area contributed by atoms with E-state index in [-0.39, 0.29) is 0 Å². The lowest BCUT2D eigenvalue weighted by molar-refractivity contribution is 0.157. The number of anilines is 1. The van der Waals surface area contributed by atoms with Crippen LogP contribution in [0.2, 0.25) is 5.02 Å². The van der Waals surface area contributed by atoms with E-state index < -0.39 is 5.56 Å². The van der Waals surface area contributed by atoms with Crippen molar-refractivity contribution in [1.82, 2.24) is 14.5 Å². The van der Waals surface area contributed by atoms with Crippen LogP contribution in [0.5, 0.6) is 11.5 Å². The second-order valence-electron chi connectivity index (χ2n) is 7.91. The van der Waals surface area contributed by atoms with E-state index in [1.54, 1.807) is 24.3 Å². The maximum absolute atomic E-state index is 12.6. The molecule has 1 fully saturated rings. The zero-order chi connectivity index (χ0) is 23.2. The summed E-state index contributed by atoms with van der Waals surface area (Å²) in [5.41, 5.74) is 0.00619. The van der Waals surface area contributed by atoms with E-state index in [0.717, 1.165) is 37.6 Å². The summed E-state index contributed by atoms with van der Waals surface area (Å²) in [6, 6.07) is 18.3. The number of likely N-dealkylation sites (N-methyl/N-ethyl adjacent to an activating group) is 1. The van der Waals surface area contributed by atoms with Crippen LogP contribution in [0, 0.1) is 0 Å². The predicted molar refractivity (Wildman–Crippen MR) is 133 cm³/mol. The first-order valence-corrected chi connectivity index (χ1v) is 11.9. The van der Waals surface area contributed by atoms with E-state index in [1.807, 2.05) is 40.7 Å². The Kier molecular flexibility index (Phi) is 7.82. The highest BCUT2D eigenvalue weighted by Crippen LogP contribution is 2.30. The first kappa shape index (κ1) is 23.5. The molecule has 1 aliphatic heterocycles. The molecule has 3 aromatic rings. The average Bonchev–Trinajstić information content (AvgIpc) is 2.82. The molecule has 1 saturated heterocycles. The molecule has 9 heteroatoms. The third-order valence-corrected chi connectivity index (χ3v) is 6.82. The lowest BCUT2D eigenvalue weighted by Gasteiger charge is -2.34. The molecule has 0 spiro atoms. The number of pyridine rings is 1. The fraction of sp³-hybridized carbons (Fsp3) is 0.292. The second kappa shape index (κ2) is 11.0. The number of hydrogen-bond donors (Lipinski definition) is 1. The third kappa shape index (κ3) is 6.45. The number of benzene rings is 2. The van der Waals surface area contributed by atoms with E-state index in [4.69, 9.17) is 16.3 Å². The van der Waals surface area contributed by atoms with Gasteiger partial charge in [0.05, 0.1) is 0 Å².